The number of halogens is 2. The number of para-hydroxylation sites is 1. The van der Waals surface area contributed by atoms with Crippen molar-refractivity contribution in [2.24, 2.45) is 0 Å². The molecule has 1 amide bonds. The van der Waals surface area contributed by atoms with Crippen LogP contribution in [0.15, 0.2) is 42.5 Å². The number of fused-ring (bicyclic) bond motifs is 1. The molecular formula is C20H21ClFNO2. The number of carbonyl (C=O) groups excluding carboxylic acids is 1. The summed E-state index contributed by atoms with van der Waals surface area (Å²) in [5, 5.41) is 3.24. The van der Waals surface area contributed by atoms with E-state index in [-0.39, 0.29) is 22.2 Å². The van der Waals surface area contributed by atoms with Gasteiger partial charge in [0.15, 0.2) is 0 Å². The van der Waals surface area contributed by atoms with Crippen LogP contribution in [0.1, 0.15) is 55.1 Å². The first kappa shape index (κ1) is 17.7. The predicted octanol–water partition coefficient (Wildman–Crippen LogP) is 5.29. The van der Waals surface area contributed by atoms with E-state index in [9.17, 15) is 9.18 Å². The molecule has 2 aromatic carbocycles. The highest BCUT2D eigenvalue weighted by atomic mass is 35.5. The fourth-order valence-electron chi connectivity index (χ4n) is 3.34. The number of benzene rings is 2. The first-order valence-corrected chi connectivity index (χ1v) is 8.89. The van der Waals surface area contributed by atoms with Crippen LogP contribution in [0.3, 0.4) is 0 Å². The lowest BCUT2D eigenvalue weighted by Gasteiger charge is -2.41. The Balaban J connectivity index is 1.91. The topological polar surface area (TPSA) is 38.3 Å². The molecule has 1 heterocycles. The molecule has 1 aliphatic rings. The van der Waals surface area contributed by atoms with Crippen LogP contribution in [0.2, 0.25) is 5.02 Å². The Morgan fingerprint density at radius 1 is 1.28 bits per heavy atom. The zero-order valence-electron chi connectivity index (χ0n) is 14.3. The summed E-state index contributed by atoms with van der Waals surface area (Å²) in [5.41, 5.74) is 0.583. The van der Waals surface area contributed by atoms with E-state index in [0.29, 0.717) is 6.42 Å². The average Bonchev–Trinajstić information content (AvgIpc) is 2.61. The SMILES string of the molecule is CCC1(CC)C[C@H](NC(=O)c2ccc(Cl)cc2F)c2ccccc2O1. The molecule has 2 aromatic rings. The Kier molecular flexibility index (Phi) is 5.00. The second kappa shape index (κ2) is 7.04. The van der Waals surface area contributed by atoms with Gasteiger partial charge in [-0.2, -0.15) is 0 Å². The summed E-state index contributed by atoms with van der Waals surface area (Å²) in [6.07, 6.45) is 2.32. The maximum atomic E-state index is 14.1. The van der Waals surface area contributed by atoms with E-state index in [1.54, 1.807) is 0 Å². The Labute approximate surface area is 152 Å². The summed E-state index contributed by atoms with van der Waals surface area (Å²) < 4.78 is 20.3. The van der Waals surface area contributed by atoms with Crippen LogP contribution < -0.4 is 10.1 Å². The van der Waals surface area contributed by atoms with Gasteiger partial charge in [0, 0.05) is 17.0 Å². The van der Waals surface area contributed by atoms with Gasteiger partial charge in [0.25, 0.3) is 5.91 Å². The predicted molar refractivity (Wildman–Crippen MR) is 96.6 cm³/mol. The van der Waals surface area contributed by atoms with Crippen LogP contribution in [0, 0.1) is 5.82 Å². The maximum absolute atomic E-state index is 14.1. The minimum absolute atomic E-state index is 0.00744. The molecule has 25 heavy (non-hydrogen) atoms. The quantitative estimate of drug-likeness (QED) is 0.803. The molecule has 0 bridgehead atoms. The number of hydrogen-bond acceptors (Lipinski definition) is 2. The number of amides is 1. The molecule has 0 saturated carbocycles. The summed E-state index contributed by atoms with van der Waals surface area (Å²) in [5.74, 6) is -0.293. The molecule has 1 aliphatic heterocycles. The minimum Gasteiger partial charge on any atom is -0.487 e. The van der Waals surface area contributed by atoms with Gasteiger partial charge in [0.1, 0.15) is 17.2 Å². The zero-order chi connectivity index (χ0) is 18.0. The van der Waals surface area contributed by atoms with Gasteiger partial charge < -0.3 is 10.1 Å². The minimum atomic E-state index is -0.623. The Hall–Kier alpha value is -2.07. The first-order valence-electron chi connectivity index (χ1n) is 8.52. The van der Waals surface area contributed by atoms with Crippen LogP contribution in [0.5, 0.6) is 5.75 Å². The van der Waals surface area contributed by atoms with E-state index < -0.39 is 11.7 Å². The van der Waals surface area contributed by atoms with Crippen molar-refractivity contribution in [3.8, 4) is 5.75 Å². The summed E-state index contributed by atoms with van der Waals surface area (Å²) >= 11 is 5.77. The normalized spacial score (nSPS) is 18.2. The van der Waals surface area contributed by atoms with Gasteiger partial charge >= 0.3 is 0 Å². The van der Waals surface area contributed by atoms with Crippen molar-refractivity contribution in [2.75, 3.05) is 0 Å². The Bertz CT molecular complexity index is 789. The highest BCUT2D eigenvalue weighted by Gasteiger charge is 2.39. The fourth-order valence-corrected chi connectivity index (χ4v) is 3.50. The number of rotatable bonds is 4. The highest BCUT2D eigenvalue weighted by molar-refractivity contribution is 6.30. The molecule has 132 valence electrons. The molecule has 1 N–H and O–H groups in total. The van der Waals surface area contributed by atoms with E-state index in [1.807, 2.05) is 24.3 Å². The van der Waals surface area contributed by atoms with Gasteiger partial charge in [-0.05, 0) is 37.1 Å². The molecule has 3 nitrogen and oxygen atoms in total. The second-order valence-electron chi connectivity index (χ2n) is 6.38. The Morgan fingerprint density at radius 2 is 2.00 bits per heavy atom. The molecule has 0 aromatic heterocycles. The zero-order valence-corrected chi connectivity index (χ0v) is 15.1. The van der Waals surface area contributed by atoms with Gasteiger partial charge in [-0.3, -0.25) is 4.79 Å². The third-order valence-electron chi connectivity index (χ3n) is 4.97. The van der Waals surface area contributed by atoms with Crippen molar-refractivity contribution < 1.29 is 13.9 Å². The molecular weight excluding hydrogens is 341 g/mol. The van der Waals surface area contributed by atoms with Gasteiger partial charge in [0.05, 0.1) is 11.6 Å². The monoisotopic (exact) mass is 361 g/mol. The molecule has 0 spiro atoms. The molecule has 0 saturated heterocycles. The summed E-state index contributed by atoms with van der Waals surface area (Å²) in [6, 6.07) is 11.5. The van der Waals surface area contributed by atoms with E-state index >= 15 is 0 Å². The number of carbonyl (C=O) groups is 1. The van der Waals surface area contributed by atoms with Gasteiger partial charge in [0.2, 0.25) is 0 Å². The molecule has 0 aliphatic carbocycles. The smallest absolute Gasteiger partial charge is 0.254 e. The van der Waals surface area contributed by atoms with Crippen molar-refractivity contribution in [1.82, 2.24) is 5.32 Å². The third-order valence-corrected chi connectivity index (χ3v) is 5.20. The van der Waals surface area contributed by atoms with Gasteiger partial charge in [-0.1, -0.05) is 43.6 Å². The summed E-state index contributed by atoms with van der Waals surface area (Å²) in [6.45, 7) is 4.16. The largest absolute Gasteiger partial charge is 0.487 e. The van der Waals surface area contributed by atoms with Crippen molar-refractivity contribution in [2.45, 2.75) is 44.8 Å². The lowest BCUT2D eigenvalue weighted by Crippen LogP contribution is -2.44. The second-order valence-corrected chi connectivity index (χ2v) is 6.82. The van der Waals surface area contributed by atoms with Gasteiger partial charge in [-0.15, -0.1) is 0 Å². The van der Waals surface area contributed by atoms with Crippen molar-refractivity contribution in [1.29, 1.82) is 0 Å². The Morgan fingerprint density at radius 3 is 2.68 bits per heavy atom. The molecule has 5 heteroatoms. The van der Waals surface area contributed by atoms with Crippen LogP contribution in [-0.2, 0) is 0 Å². The maximum Gasteiger partial charge on any atom is 0.254 e. The lowest BCUT2D eigenvalue weighted by molar-refractivity contribution is 0.0227. The van der Waals surface area contributed by atoms with E-state index in [0.717, 1.165) is 30.2 Å². The summed E-state index contributed by atoms with van der Waals surface area (Å²) in [4.78, 5) is 12.6. The molecule has 0 unspecified atom stereocenters. The molecule has 0 radical (unpaired) electrons. The lowest BCUT2D eigenvalue weighted by atomic mass is 9.83. The van der Waals surface area contributed by atoms with E-state index in [1.165, 1.54) is 12.1 Å². The van der Waals surface area contributed by atoms with Crippen LogP contribution in [0.25, 0.3) is 0 Å². The first-order chi connectivity index (χ1) is 12.0. The van der Waals surface area contributed by atoms with Crippen LogP contribution >= 0.6 is 11.6 Å². The highest BCUT2D eigenvalue weighted by Crippen LogP contribution is 2.42. The van der Waals surface area contributed by atoms with E-state index in [2.05, 4.69) is 19.2 Å². The van der Waals surface area contributed by atoms with Crippen molar-refractivity contribution in [3.63, 3.8) is 0 Å². The van der Waals surface area contributed by atoms with Crippen molar-refractivity contribution in [3.05, 3.63) is 64.4 Å². The molecule has 1 atom stereocenters. The van der Waals surface area contributed by atoms with E-state index in [4.69, 9.17) is 16.3 Å². The van der Waals surface area contributed by atoms with Crippen molar-refractivity contribution >= 4 is 17.5 Å². The molecule has 0 fully saturated rings. The number of ether oxygens (including phenoxy) is 1. The standard InChI is InChI=1S/C20H21ClFNO2/c1-3-20(4-2)12-17(15-7-5-6-8-18(15)25-20)23-19(24)14-10-9-13(21)11-16(14)22/h5-11,17H,3-4,12H2,1-2H3,(H,23,24)/t17-/m0/s1. The number of hydrogen-bond donors (Lipinski definition) is 1. The third kappa shape index (κ3) is 3.49. The average molecular weight is 362 g/mol. The fraction of sp³-hybridized carbons (Fsp3) is 0.350. The summed E-state index contributed by atoms with van der Waals surface area (Å²) in [7, 11) is 0. The van der Waals surface area contributed by atoms with Crippen LogP contribution in [0.4, 0.5) is 4.39 Å². The molecule has 3 rings (SSSR count). The van der Waals surface area contributed by atoms with Gasteiger partial charge in [-0.25, -0.2) is 4.39 Å². The number of nitrogens with one attached hydrogen (secondary N) is 1. The van der Waals surface area contributed by atoms with Crippen LogP contribution in [-0.4, -0.2) is 11.5 Å².